The van der Waals surface area contributed by atoms with E-state index in [-0.39, 0.29) is 23.7 Å². The number of ether oxygens (including phenoxy) is 1. The molecule has 1 saturated heterocycles. The van der Waals surface area contributed by atoms with E-state index < -0.39 is 0 Å². The molecule has 130 valence electrons. The first-order valence-corrected chi connectivity index (χ1v) is 8.76. The molecular formula is C19H26N2O3. The van der Waals surface area contributed by atoms with Crippen LogP contribution < -0.4 is 5.32 Å². The van der Waals surface area contributed by atoms with E-state index in [1.807, 2.05) is 24.0 Å². The number of nitrogens with one attached hydrogen (secondary N) is 1. The lowest BCUT2D eigenvalue weighted by Gasteiger charge is -2.27. The summed E-state index contributed by atoms with van der Waals surface area (Å²) >= 11 is 0. The molecule has 0 bridgehead atoms. The van der Waals surface area contributed by atoms with Gasteiger partial charge in [-0.1, -0.05) is 32.0 Å². The number of amides is 2. The Kier molecular flexibility index (Phi) is 4.90. The van der Waals surface area contributed by atoms with Crippen molar-refractivity contribution in [3.8, 4) is 0 Å². The summed E-state index contributed by atoms with van der Waals surface area (Å²) in [7, 11) is 0. The molecule has 0 spiro atoms. The molecule has 5 nitrogen and oxygen atoms in total. The third kappa shape index (κ3) is 3.46. The van der Waals surface area contributed by atoms with E-state index in [4.69, 9.17) is 4.74 Å². The molecule has 1 aromatic carbocycles. The van der Waals surface area contributed by atoms with Crippen LogP contribution in [0, 0.1) is 18.8 Å². The van der Waals surface area contributed by atoms with Crippen molar-refractivity contribution in [2.75, 3.05) is 31.6 Å². The zero-order chi connectivity index (χ0) is 17.3. The minimum Gasteiger partial charge on any atom is -0.378 e. The van der Waals surface area contributed by atoms with Crippen molar-refractivity contribution < 1.29 is 14.3 Å². The fourth-order valence-corrected chi connectivity index (χ4v) is 3.33. The second kappa shape index (κ2) is 6.93. The Hall–Kier alpha value is -1.88. The maximum Gasteiger partial charge on any atom is 0.228 e. The highest BCUT2D eigenvalue weighted by Crippen LogP contribution is 2.41. The number of morpholine rings is 1. The van der Waals surface area contributed by atoms with E-state index in [0.29, 0.717) is 38.6 Å². The van der Waals surface area contributed by atoms with Crippen LogP contribution in [0.15, 0.2) is 18.2 Å². The highest BCUT2D eigenvalue weighted by Gasteiger charge is 2.49. The largest absolute Gasteiger partial charge is 0.378 e. The molecule has 0 aromatic heterocycles. The van der Waals surface area contributed by atoms with Crippen LogP contribution in [-0.2, 0) is 14.3 Å². The number of nitrogens with zero attached hydrogens (tertiary/aromatic N) is 1. The highest BCUT2D eigenvalue weighted by atomic mass is 16.5. The second-order valence-corrected chi connectivity index (χ2v) is 7.07. The minimum atomic E-state index is -0.194. The summed E-state index contributed by atoms with van der Waals surface area (Å²) in [6.07, 6.45) is 0.658. The fraction of sp³-hybridized carbons (Fsp3) is 0.579. The van der Waals surface area contributed by atoms with Gasteiger partial charge in [0.25, 0.3) is 0 Å². The topological polar surface area (TPSA) is 58.6 Å². The van der Waals surface area contributed by atoms with Crippen molar-refractivity contribution in [1.29, 1.82) is 0 Å². The maximum atomic E-state index is 12.6. The summed E-state index contributed by atoms with van der Waals surface area (Å²) in [6, 6.07) is 6.07. The molecule has 1 aromatic rings. The van der Waals surface area contributed by atoms with Crippen LogP contribution >= 0.6 is 0 Å². The Morgan fingerprint density at radius 3 is 2.58 bits per heavy atom. The van der Waals surface area contributed by atoms with E-state index >= 15 is 0 Å². The van der Waals surface area contributed by atoms with Gasteiger partial charge in [0.05, 0.1) is 25.0 Å². The minimum absolute atomic E-state index is 0.0298. The predicted molar refractivity (Wildman–Crippen MR) is 92.9 cm³/mol. The van der Waals surface area contributed by atoms with E-state index in [0.717, 1.165) is 16.8 Å². The molecule has 2 atom stereocenters. The van der Waals surface area contributed by atoms with Gasteiger partial charge in [-0.15, -0.1) is 0 Å². The number of rotatable bonds is 4. The third-order valence-corrected chi connectivity index (χ3v) is 4.94. The number of hydrogen-bond donors (Lipinski definition) is 1. The number of aryl methyl sites for hydroxylation is 1. The summed E-state index contributed by atoms with van der Waals surface area (Å²) in [6.45, 7) is 8.70. The molecule has 24 heavy (non-hydrogen) atoms. The quantitative estimate of drug-likeness (QED) is 0.923. The predicted octanol–water partition coefficient (Wildman–Crippen LogP) is 2.55. The van der Waals surface area contributed by atoms with Gasteiger partial charge >= 0.3 is 0 Å². The fourth-order valence-electron chi connectivity index (χ4n) is 3.33. The van der Waals surface area contributed by atoms with Crippen molar-refractivity contribution in [1.82, 2.24) is 4.90 Å². The van der Waals surface area contributed by atoms with Crippen molar-refractivity contribution in [2.45, 2.75) is 33.1 Å². The molecule has 1 saturated carbocycles. The third-order valence-electron chi connectivity index (χ3n) is 4.94. The van der Waals surface area contributed by atoms with E-state index in [1.54, 1.807) is 0 Å². The first kappa shape index (κ1) is 17.0. The number of carbonyl (C=O) groups excluding carboxylic acids is 2. The van der Waals surface area contributed by atoms with Gasteiger partial charge in [0, 0.05) is 18.8 Å². The molecule has 1 heterocycles. The van der Waals surface area contributed by atoms with Crippen molar-refractivity contribution in [3.05, 3.63) is 29.3 Å². The molecular weight excluding hydrogens is 304 g/mol. The van der Waals surface area contributed by atoms with Crippen molar-refractivity contribution in [3.63, 3.8) is 0 Å². The van der Waals surface area contributed by atoms with Gasteiger partial charge in [0.15, 0.2) is 0 Å². The van der Waals surface area contributed by atoms with Crippen LogP contribution in [0.5, 0.6) is 0 Å². The molecule has 1 aliphatic heterocycles. The van der Waals surface area contributed by atoms with E-state index in [1.165, 1.54) is 0 Å². The number of hydrogen-bond acceptors (Lipinski definition) is 3. The van der Waals surface area contributed by atoms with Crippen LogP contribution in [0.3, 0.4) is 0 Å². The highest BCUT2D eigenvalue weighted by molar-refractivity contribution is 6.00. The van der Waals surface area contributed by atoms with Crippen LogP contribution in [0.1, 0.15) is 37.3 Å². The second-order valence-electron chi connectivity index (χ2n) is 7.07. The van der Waals surface area contributed by atoms with Gasteiger partial charge in [-0.05, 0) is 30.4 Å². The van der Waals surface area contributed by atoms with E-state index in [9.17, 15) is 9.59 Å². The molecule has 0 radical (unpaired) electrons. The van der Waals surface area contributed by atoms with Gasteiger partial charge in [0.2, 0.25) is 11.8 Å². The summed E-state index contributed by atoms with van der Waals surface area (Å²) < 4.78 is 5.28. The molecule has 2 unspecified atom stereocenters. The Morgan fingerprint density at radius 1 is 1.21 bits per heavy atom. The molecule has 3 rings (SSSR count). The van der Waals surface area contributed by atoms with Gasteiger partial charge in [-0.2, -0.15) is 0 Å². The van der Waals surface area contributed by atoms with Crippen molar-refractivity contribution >= 4 is 17.5 Å². The monoisotopic (exact) mass is 330 g/mol. The van der Waals surface area contributed by atoms with Gasteiger partial charge in [0.1, 0.15) is 0 Å². The summed E-state index contributed by atoms with van der Waals surface area (Å²) in [5, 5.41) is 3.08. The average Bonchev–Trinajstić information content (AvgIpc) is 3.37. The van der Waals surface area contributed by atoms with Gasteiger partial charge in [-0.25, -0.2) is 0 Å². The lowest BCUT2D eigenvalue weighted by molar-refractivity contribution is -0.137. The molecule has 5 heteroatoms. The first-order chi connectivity index (χ1) is 11.5. The molecule has 2 fully saturated rings. The molecule has 1 aliphatic carbocycles. The van der Waals surface area contributed by atoms with Gasteiger partial charge < -0.3 is 15.0 Å². The first-order valence-electron chi connectivity index (χ1n) is 8.76. The lowest BCUT2D eigenvalue weighted by atomic mass is 9.98. The Bertz CT molecular complexity index is 635. The standard InChI is InChI=1S/C19H26N2O3/c1-12(2)14-6-4-5-13(3)17(14)20-18(22)15-11-16(15)19(23)21-7-9-24-10-8-21/h4-6,12,15-16H,7-11H2,1-3H3,(H,20,22). The van der Waals surface area contributed by atoms with Gasteiger partial charge in [-0.3, -0.25) is 9.59 Å². The number of carbonyl (C=O) groups is 2. The van der Waals surface area contributed by atoms with Crippen LogP contribution in [-0.4, -0.2) is 43.0 Å². The summed E-state index contributed by atoms with van der Waals surface area (Å²) in [4.78, 5) is 26.9. The smallest absolute Gasteiger partial charge is 0.228 e. The maximum absolute atomic E-state index is 12.6. The number of para-hydroxylation sites is 1. The summed E-state index contributed by atoms with van der Waals surface area (Å²) in [5.41, 5.74) is 3.10. The summed E-state index contributed by atoms with van der Waals surface area (Å²) in [5.74, 6) is 0.0601. The SMILES string of the molecule is Cc1cccc(C(C)C)c1NC(=O)C1CC1C(=O)N1CCOCC1. The Labute approximate surface area is 143 Å². The number of anilines is 1. The lowest BCUT2D eigenvalue weighted by Crippen LogP contribution is -2.42. The normalized spacial score (nSPS) is 23.2. The van der Waals surface area contributed by atoms with Crippen LogP contribution in [0.4, 0.5) is 5.69 Å². The van der Waals surface area contributed by atoms with Crippen molar-refractivity contribution in [2.24, 2.45) is 11.8 Å². The van der Waals surface area contributed by atoms with E-state index in [2.05, 4.69) is 25.2 Å². The number of benzene rings is 1. The molecule has 1 N–H and O–H groups in total. The zero-order valence-electron chi connectivity index (χ0n) is 14.7. The molecule has 2 amide bonds. The molecule has 2 aliphatic rings. The Morgan fingerprint density at radius 2 is 1.92 bits per heavy atom. The van der Waals surface area contributed by atoms with Crippen LogP contribution in [0.2, 0.25) is 0 Å². The average molecular weight is 330 g/mol. The zero-order valence-corrected chi connectivity index (χ0v) is 14.7. The Balaban J connectivity index is 1.64. The van der Waals surface area contributed by atoms with Crippen LogP contribution in [0.25, 0.3) is 0 Å².